The third-order valence-electron chi connectivity index (χ3n) is 2.16. The van der Waals surface area contributed by atoms with Crippen LogP contribution in [-0.4, -0.2) is 38.2 Å². The third kappa shape index (κ3) is 5.92. The Bertz CT molecular complexity index is 382. The van der Waals surface area contributed by atoms with Crippen LogP contribution >= 0.6 is 0 Å². The molecular weight excluding hydrogens is 214 g/mol. The van der Waals surface area contributed by atoms with Crippen molar-refractivity contribution in [2.45, 2.75) is 13.3 Å². The summed E-state index contributed by atoms with van der Waals surface area (Å²) in [7, 11) is 5.77. The van der Waals surface area contributed by atoms with E-state index < -0.39 is 0 Å². The smallest absolute Gasteiger partial charge is 0.266 e. The summed E-state index contributed by atoms with van der Waals surface area (Å²) in [6, 6.07) is 8.13. The molecule has 0 fully saturated rings. The van der Waals surface area contributed by atoms with Crippen LogP contribution in [0, 0.1) is 6.92 Å². The molecule has 0 atom stereocenters. The van der Waals surface area contributed by atoms with Crippen molar-refractivity contribution in [3.05, 3.63) is 29.8 Å². The van der Waals surface area contributed by atoms with Crippen molar-refractivity contribution in [1.29, 1.82) is 0 Å². The number of hydrogen-bond acceptors (Lipinski definition) is 2. The van der Waals surface area contributed by atoms with E-state index in [0.29, 0.717) is 17.6 Å². The van der Waals surface area contributed by atoms with Crippen molar-refractivity contribution < 1.29 is 9.39 Å². The summed E-state index contributed by atoms with van der Waals surface area (Å²) in [6.07, 6.45) is 0.476. The minimum atomic E-state index is 0.0534. The molecule has 4 heteroatoms. The molecule has 0 spiro atoms. The van der Waals surface area contributed by atoms with Crippen molar-refractivity contribution in [2.75, 3.05) is 33.0 Å². The number of carbonyl (C=O) groups excluding carboxylic acids is 1. The van der Waals surface area contributed by atoms with Crippen molar-refractivity contribution in [1.82, 2.24) is 5.43 Å². The fourth-order valence-electron chi connectivity index (χ4n) is 1.51. The van der Waals surface area contributed by atoms with Gasteiger partial charge in [-0.3, -0.25) is 4.79 Å². The standard InChI is InChI=1S/C13H21N3O/c1-11-6-5-7-12(10-11)14-9-8-13(17)15-16(2,3)4/h5-7,10,14H,8-9H2,1-4H3/p+1. The Morgan fingerprint density at radius 2 is 2.00 bits per heavy atom. The molecule has 17 heavy (non-hydrogen) atoms. The molecule has 4 nitrogen and oxygen atoms in total. The second-order valence-corrected chi connectivity index (χ2v) is 5.09. The van der Waals surface area contributed by atoms with Crippen molar-refractivity contribution in [3.63, 3.8) is 0 Å². The first-order valence-corrected chi connectivity index (χ1v) is 5.80. The maximum Gasteiger partial charge on any atom is 0.266 e. The zero-order chi connectivity index (χ0) is 12.9. The quantitative estimate of drug-likeness (QED) is 0.601. The summed E-state index contributed by atoms with van der Waals surface area (Å²) < 4.78 is 0.448. The first-order chi connectivity index (χ1) is 7.87. The van der Waals surface area contributed by atoms with E-state index in [-0.39, 0.29) is 5.91 Å². The fourth-order valence-corrected chi connectivity index (χ4v) is 1.51. The van der Waals surface area contributed by atoms with Crippen LogP contribution in [0.4, 0.5) is 5.69 Å². The molecule has 94 valence electrons. The summed E-state index contributed by atoms with van der Waals surface area (Å²) in [5.74, 6) is 0.0534. The van der Waals surface area contributed by atoms with Crippen LogP contribution in [0.3, 0.4) is 0 Å². The van der Waals surface area contributed by atoms with Gasteiger partial charge >= 0.3 is 0 Å². The summed E-state index contributed by atoms with van der Waals surface area (Å²) in [5, 5.41) is 3.23. The van der Waals surface area contributed by atoms with E-state index in [4.69, 9.17) is 0 Å². The maximum absolute atomic E-state index is 11.5. The van der Waals surface area contributed by atoms with Gasteiger partial charge in [-0.25, -0.2) is 10.0 Å². The average Bonchev–Trinajstić information content (AvgIpc) is 2.14. The Labute approximate surface area is 103 Å². The number of benzene rings is 1. The van der Waals surface area contributed by atoms with E-state index in [1.807, 2.05) is 33.3 Å². The Balaban J connectivity index is 2.31. The number of nitrogens with one attached hydrogen (secondary N) is 2. The average molecular weight is 236 g/mol. The third-order valence-corrected chi connectivity index (χ3v) is 2.16. The lowest BCUT2D eigenvalue weighted by molar-refractivity contribution is -0.906. The van der Waals surface area contributed by atoms with Crippen LogP contribution in [0.15, 0.2) is 24.3 Å². The number of amides is 1. The van der Waals surface area contributed by atoms with E-state index in [1.54, 1.807) is 0 Å². The number of hydrogen-bond donors (Lipinski definition) is 2. The van der Waals surface area contributed by atoms with Crippen LogP contribution < -0.4 is 10.7 Å². The lowest BCUT2D eigenvalue weighted by Gasteiger charge is -2.23. The molecular formula is C13H22N3O+. The van der Waals surface area contributed by atoms with Gasteiger partial charge in [0.25, 0.3) is 5.91 Å². The van der Waals surface area contributed by atoms with Gasteiger partial charge in [-0.1, -0.05) is 12.1 Å². The number of anilines is 1. The van der Waals surface area contributed by atoms with E-state index in [2.05, 4.69) is 29.8 Å². The van der Waals surface area contributed by atoms with Gasteiger partial charge in [-0.05, 0) is 24.6 Å². The molecule has 1 rings (SSSR count). The normalized spacial score (nSPS) is 11.1. The molecule has 1 aromatic rings. The highest BCUT2D eigenvalue weighted by atomic mass is 16.2. The second kappa shape index (κ2) is 5.68. The molecule has 0 unspecified atom stereocenters. The molecule has 1 aromatic carbocycles. The summed E-state index contributed by atoms with van der Waals surface area (Å²) in [6.45, 7) is 2.70. The number of rotatable bonds is 5. The number of quaternary nitrogens is 1. The Morgan fingerprint density at radius 3 is 2.59 bits per heavy atom. The van der Waals surface area contributed by atoms with E-state index in [0.717, 1.165) is 5.69 Å². The zero-order valence-corrected chi connectivity index (χ0v) is 11.1. The molecule has 0 aromatic heterocycles. The van der Waals surface area contributed by atoms with Crippen molar-refractivity contribution in [2.24, 2.45) is 0 Å². The Hall–Kier alpha value is -1.55. The molecule has 0 saturated heterocycles. The molecule has 0 radical (unpaired) electrons. The van der Waals surface area contributed by atoms with Gasteiger partial charge in [0.05, 0.1) is 21.1 Å². The van der Waals surface area contributed by atoms with Crippen LogP contribution in [0.5, 0.6) is 0 Å². The summed E-state index contributed by atoms with van der Waals surface area (Å²) >= 11 is 0. The molecule has 0 aliphatic rings. The van der Waals surface area contributed by atoms with Crippen molar-refractivity contribution in [3.8, 4) is 0 Å². The highest BCUT2D eigenvalue weighted by molar-refractivity contribution is 5.75. The van der Waals surface area contributed by atoms with Gasteiger partial charge in [0.15, 0.2) is 0 Å². The van der Waals surface area contributed by atoms with Crippen molar-refractivity contribution >= 4 is 11.6 Å². The van der Waals surface area contributed by atoms with E-state index >= 15 is 0 Å². The molecule has 0 bridgehead atoms. The molecule has 0 heterocycles. The van der Waals surface area contributed by atoms with Crippen LogP contribution in [-0.2, 0) is 4.79 Å². The van der Waals surface area contributed by atoms with Gasteiger partial charge in [0, 0.05) is 18.7 Å². The van der Waals surface area contributed by atoms with Gasteiger partial charge in [-0.15, -0.1) is 0 Å². The van der Waals surface area contributed by atoms with E-state index in [1.165, 1.54) is 5.56 Å². The predicted molar refractivity (Wildman–Crippen MR) is 70.5 cm³/mol. The second-order valence-electron chi connectivity index (χ2n) is 5.09. The highest BCUT2D eigenvalue weighted by Crippen LogP contribution is 2.09. The summed E-state index contributed by atoms with van der Waals surface area (Å²) in [5.41, 5.74) is 5.15. The number of aryl methyl sites for hydroxylation is 1. The molecule has 1 amide bonds. The lowest BCUT2D eigenvalue weighted by atomic mass is 10.2. The molecule has 0 saturated carbocycles. The SMILES string of the molecule is Cc1cccc(NCCC(=O)N[N+](C)(C)C)c1. The minimum absolute atomic E-state index is 0.0534. The zero-order valence-electron chi connectivity index (χ0n) is 11.1. The Kier molecular flexibility index (Phi) is 4.52. The minimum Gasteiger partial charge on any atom is -0.385 e. The largest absolute Gasteiger partial charge is 0.385 e. The van der Waals surface area contributed by atoms with Crippen LogP contribution in [0.25, 0.3) is 0 Å². The lowest BCUT2D eigenvalue weighted by Crippen LogP contribution is -2.51. The first kappa shape index (κ1) is 13.5. The predicted octanol–water partition coefficient (Wildman–Crippen LogP) is 1.53. The molecule has 0 aliphatic heterocycles. The maximum atomic E-state index is 11.5. The summed E-state index contributed by atoms with van der Waals surface area (Å²) in [4.78, 5) is 11.5. The first-order valence-electron chi connectivity index (χ1n) is 5.80. The van der Waals surface area contributed by atoms with Crippen LogP contribution in [0.2, 0.25) is 0 Å². The van der Waals surface area contributed by atoms with Gasteiger partial charge < -0.3 is 5.32 Å². The molecule has 0 aliphatic carbocycles. The fraction of sp³-hybridized carbons (Fsp3) is 0.462. The number of carbonyl (C=O) groups is 1. The number of nitrogens with zero attached hydrogens (tertiary/aromatic N) is 1. The topological polar surface area (TPSA) is 41.1 Å². The monoisotopic (exact) mass is 236 g/mol. The van der Waals surface area contributed by atoms with Crippen LogP contribution in [0.1, 0.15) is 12.0 Å². The van der Waals surface area contributed by atoms with E-state index in [9.17, 15) is 4.79 Å². The van der Waals surface area contributed by atoms with Gasteiger partial charge in [-0.2, -0.15) is 0 Å². The molecule has 2 N–H and O–H groups in total. The van der Waals surface area contributed by atoms with Gasteiger partial charge in [0.1, 0.15) is 0 Å². The highest BCUT2D eigenvalue weighted by Gasteiger charge is 2.11. The van der Waals surface area contributed by atoms with Gasteiger partial charge in [0.2, 0.25) is 0 Å². The Morgan fingerprint density at radius 1 is 1.29 bits per heavy atom.